The molecule has 0 atom stereocenters. The number of rotatable bonds is 4. The van der Waals surface area contributed by atoms with Gasteiger partial charge in [-0.05, 0) is 30.9 Å². The van der Waals surface area contributed by atoms with Crippen LogP contribution in [-0.4, -0.2) is 39.4 Å². The monoisotopic (exact) mass is 323 g/mol. The SMILES string of the molecule is Cn1ncc2c(N3CCC(COc4ccccc4)CC3)ncnc21. The second-order valence-electron chi connectivity index (χ2n) is 6.26. The lowest BCUT2D eigenvalue weighted by Crippen LogP contribution is -2.36. The van der Waals surface area contributed by atoms with E-state index in [0.717, 1.165) is 55.1 Å². The van der Waals surface area contributed by atoms with Gasteiger partial charge in [-0.3, -0.25) is 4.68 Å². The van der Waals surface area contributed by atoms with E-state index in [0.29, 0.717) is 5.92 Å². The molecular weight excluding hydrogens is 302 g/mol. The third kappa shape index (κ3) is 2.91. The Balaban J connectivity index is 1.39. The Kier molecular flexibility index (Phi) is 4.02. The maximum atomic E-state index is 5.90. The van der Waals surface area contributed by atoms with Crippen LogP contribution < -0.4 is 9.64 Å². The van der Waals surface area contributed by atoms with Crippen LogP contribution in [0.25, 0.3) is 11.0 Å². The van der Waals surface area contributed by atoms with Crippen LogP contribution in [0.5, 0.6) is 5.75 Å². The van der Waals surface area contributed by atoms with E-state index in [1.165, 1.54) is 0 Å². The Labute approximate surface area is 141 Å². The van der Waals surface area contributed by atoms with E-state index in [-0.39, 0.29) is 0 Å². The van der Waals surface area contributed by atoms with Crippen molar-refractivity contribution in [2.45, 2.75) is 12.8 Å². The van der Waals surface area contributed by atoms with Gasteiger partial charge in [-0.25, -0.2) is 9.97 Å². The molecule has 0 bridgehead atoms. The fraction of sp³-hybridized carbons (Fsp3) is 0.389. The second kappa shape index (κ2) is 6.47. The van der Waals surface area contributed by atoms with E-state index >= 15 is 0 Å². The van der Waals surface area contributed by atoms with Crippen LogP contribution in [-0.2, 0) is 7.05 Å². The van der Waals surface area contributed by atoms with Crippen LogP contribution in [0.1, 0.15) is 12.8 Å². The van der Waals surface area contributed by atoms with Gasteiger partial charge in [0.2, 0.25) is 0 Å². The summed E-state index contributed by atoms with van der Waals surface area (Å²) in [5, 5.41) is 5.32. The van der Waals surface area contributed by atoms with Gasteiger partial charge < -0.3 is 9.64 Å². The third-order valence-corrected chi connectivity index (χ3v) is 4.65. The highest BCUT2D eigenvalue weighted by Crippen LogP contribution is 2.27. The number of benzene rings is 1. The Hall–Kier alpha value is -2.63. The molecule has 1 saturated heterocycles. The first-order valence-corrected chi connectivity index (χ1v) is 8.37. The number of ether oxygens (including phenoxy) is 1. The number of para-hydroxylation sites is 1. The molecule has 1 aromatic carbocycles. The van der Waals surface area contributed by atoms with E-state index < -0.39 is 0 Å². The Morgan fingerprint density at radius 1 is 1.12 bits per heavy atom. The summed E-state index contributed by atoms with van der Waals surface area (Å²) in [7, 11) is 1.91. The maximum Gasteiger partial charge on any atom is 0.163 e. The van der Waals surface area contributed by atoms with E-state index in [4.69, 9.17) is 4.74 Å². The van der Waals surface area contributed by atoms with Crippen molar-refractivity contribution in [1.29, 1.82) is 0 Å². The number of anilines is 1. The largest absolute Gasteiger partial charge is 0.493 e. The number of hydrogen-bond donors (Lipinski definition) is 0. The summed E-state index contributed by atoms with van der Waals surface area (Å²) in [6, 6.07) is 10.0. The smallest absolute Gasteiger partial charge is 0.163 e. The summed E-state index contributed by atoms with van der Waals surface area (Å²) >= 11 is 0. The minimum atomic E-state index is 0.590. The lowest BCUT2D eigenvalue weighted by Gasteiger charge is -2.32. The van der Waals surface area contributed by atoms with Gasteiger partial charge in [0, 0.05) is 20.1 Å². The quantitative estimate of drug-likeness (QED) is 0.739. The van der Waals surface area contributed by atoms with Crippen molar-refractivity contribution in [3.05, 3.63) is 42.9 Å². The highest BCUT2D eigenvalue weighted by molar-refractivity contribution is 5.86. The second-order valence-corrected chi connectivity index (χ2v) is 6.26. The Bertz CT molecular complexity index is 809. The zero-order valence-electron chi connectivity index (χ0n) is 13.8. The standard InChI is InChI=1S/C18H21N5O/c1-22-17-16(11-21-22)18(20-13-19-17)23-9-7-14(8-10-23)12-24-15-5-3-2-4-6-15/h2-6,11,13-14H,7-10,12H2,1H3. The molecule has 2 aromatic heterocycles. The molecule has 1 fully saturated rings. The fourth-order valence-corrected chi connectivity index (χ4v) is 3.24. The minimum Gasteiger partial charge on any atom is -0.493 e. The van der Waals surface area contributed by atoms with Gasteiger partial charge in [-0.1, -0.05) is 18.2 Å². The summed E-state index contributed by atoms with van der Waals surface area (Å²) in [6.07, 6.45) is 5.70. The molecule has 0 radical (unpaired) electrons. The predicted molar refractivity (Wildman–Crippen MR) is 93.2 cm³/mol. The number of aromatic nitrogens is 4. The molecule has 0 aliphatic carbocycles. The van der Waals surface area contributed by atoms with Gasteiger partial charge in [-0.2, -0.15) is 5.10 Å². The van der Waals surface area contributed by atoms with Crippen LogP contribution in [0.2, 0.25) is 0 Å². The topological polar surface area (TPSA) is 56.1 Å². The molecule has 1 aliphatic heterocycles. The van der Waals surface area contributed by atoms with Crippen LogP contribution in [0.15, 0.2) is 42.9 Å². The van der Waals surface area contributed by atoms with Crippen LogP contribution in [0.3, 0.4) is 0 Å². The first-order valence-electron chi connectivity index (χ1n) is 8.37. The van der Waals surface area contributed by atoms with Gasteiger partial charge in [0.25, 0.3) is 0 Å². The number of aryl methyl sites for hydroxylation is 1. The van der Waals surface area contributed by atoms with Crippen LogP contribution >= 0.6 is 0 Å². The summed E-state index contributed by atoms with van der Waals surface area (Å²) in [5.74, 6) is 2.54. The normalized spacial score (nSPS) is 15.8. The van der Waals surface area contributed by atoms with Gasteiger partial charge in [0.1, 0.15) is 17.9 Å². The predicted octanol–water partition coefficient (Wildman–Crippen LogP) is 2.66. The van der Waals surface area contributed by atoms with Crippen molar-refractivity contribution in [2.24, 2.45) is 13.0 Å². The molecule has 0 spiro atoms. The van der Waals surface area contributed by atoms with Crippen molar-refractivity contribution < 1.29 is 4.74 Å². The molecule has 6 heteroatoms. The average molecular weight is 323 g/mol. The van der Waals surface area contributed by atoms with Gasteiger partial charge in [0.05, 0.1) is 18.2 Å². The molecular formula is C18H21N5O. The Morgan fingerprint density at radius 2 is 1.92 bits per heavy atom. The molecule has 124 valence electrons. The van der Waals surface area contributed by atoms with E-state index in [1.807, 2.05) is 43.6 Å². The highest BCUT2D eigenvalue weighted by Gasteiger charge is 2.22. The van der Waals surface area contributed by atoms with Crippen LogP contribution in [0.4, 0.5) is 5.82 Å². The van der Waals surface area contributed by atoms with Gasteiger partial charge >= 0.3 is 0 Å². The molecule has 0 saturated carbocycles. The zero-order chi connectivity index (χ0) is 16.4. The first-order chi connectivity index (χ1) is 11.8. The number of piperidine rings is 1. The van der Waals surface area contributed by atoms with E-state index in [2.05, 4.69) is 20.0 Å². The molecule has 0 amide bonds. The molecule has 6 nitrogen and oxygen atoms in total. The fourth-order valence-electron chi connectivity index (χ4n) is 3.24. The van der Waals surface area contributed by atoms with Crippen molar-refractivity contribution in [3.63, 3.8) is 0 Å². The Morgan fingerprint density at radius 3 is 2.71 bits per heavy atom. The summed E-state index contributed by atoms with van der Waals surface area (Å²) < 4.78 is 7.70. The molecule has 3 heterocycles. The summed E-state index contributed by atoms with van der Waals surface area (Å²) in [4.78, 5) is 11.1. The lowest BCUT2D eigenvalue weighted by atomic mass is 9.97. The van der Waals surface area contributed by atoms with Crippen molar-refractivity contribution >= 4 is 16.9 Å². The molecule has 24 heavy (non-hydrogen) atoms. The molecule has 3 aromatic rings. The molecule has 0 N–H and O–H groups in total. The van der Waals surface area contributed by atoms with Crippen molar-refractivity contribution in [3.8, 4) is 5.75 Å². The van der Waals surface area contributed by atoms with Gasteiger partial charge in [-0.15, -0.1) is 0 Å². The van der Waals surface area contributed by atoms with Crippen molar-refractivity contribution in [2.75, 3.05) is 24.6 Å². The summed E-state index contributed by atoms with van der Waals surface area (Å²) in [6.45, 7) is 2.76. The van der Waals surface area contributed by atoms with E-state index in [9.17, 15) is 0 Å². The van der Waals surface area contributed by atoms with Crippen LogP contribution in [0, 0.1) is 5.92 Å². The number of fused-ring (bicyclic) bond motifs is 1. The third-order valence-electron chi connectivity index (χ3n) is 4.65. The maximum absolute atomic E-state index is 5.90. The first kappa shape index (κ1) is 14.9. The zero-order valence-corrected chi connectivity index (χ0v) is 13.8. The average Bonchev–Trinajstić information content (AvgIpc) is 3.03. The number of hydrogen-bond acceptors (Lipinski definition) is 5. The summed E-state index contributed by atoms with van der Waals surface area (Å²) in [5.41, 5.74) is 0.884. The molecule has 1 aliphatic rings. The van der Waals surface area contributed by atoms with E-state index in [1.54, 1.807) is 11.0 Å². The highest BCUT2D eigenvalue weighted by atomic mass is 16.5. The molecule has 4 rings (SSSR count). The molecule has 0 unspecified atom stereocenters. The van der Waals surface area contributed by atoms with Crippen molar-refractivity contribution in [1.82, 2.24) is 19.7 Å². The van der Waals surface area contributed by atoms with Gasteiger partial charge in [0.15, 0.2) is 5.65 Å². The lowest BCUT2D eigenvalue weighted by molar-refractivity contribution is 0.223. The number of nitrogens with zero attached hydrogens (tertiary/aromatic N) is 5. The minimum absolute atomic E-state index is 0.590.